The van der Waals surface area contributed by atoms with Crippen LogP contribution < -0.4 is 10.3 Å². The summed E-state index contributed by atoms with van der Waals surface area (Å²) in [6.45, 7) is 7.14. The molecule has 0 radical (unpaired) electrons. The molecule has 23 heavy (non-hydrogen) atoms. The minimum atomic E-state index is 0.714. The van der Waals surface area contributed by atoms with Crippen molar-refractivity contribution in [2.75, 3.05) is 23.9 Å². The smallest absolute Gasteiger partial charge is 0.0672 e. The van der Waals surface area contributed by atoms with Crippen molar-refractivity contribution in [3.63, 3.8) is 0 Å². The fraction of sp³-hybridized carbons (Fsp3) is 0.316. The van der Waals surface area contributed by atoms with Gasteiger partial charge in [-0.3, -0.25) is 5.01 Å². The van der Waals surface area contributed by atoms with Crippen molar-refractivity contribution in [1.29, 1.82) is 0 Å². The molecular formula is C19H24ClN3. The van der Waals surface area contributed by atoms with E-state index in [9.17, 15) is 0 Å². The summed E-state index contributed by atoms with van der Waals surface area (Å²) >= 11 is 6.15. The Morgan fingerprint density at radius 2 is 1.87 bits per heavy atom. The second-order valence-corrected chi connectivity index (χ2v) is 6.02. The molecule has 0 aliphatic heterocycles. The zero-order valence-corrected chi connectivity index (χ0v) is 15.0. The predicted molar refractivity (Wildman–Crippen MR) is 102 cm³/mol. The lowest BCUT2D eigenvalue weighted by atomic mass is 10.1. The molecule has 0 heterocycles. The maximum atomic E-state index is 6.15. The van der Waals surface area contributed by atoms with Crippen LogP contribution in [0.4, 0.5) is 11.4 Å². The third-order valence-electron chi connectivity index (χ3n) is 3.68. The Bertz CT molecular complexity index is 678. The molecule has 2 aromatic rings. The molecule has 4 heteroatoms. The molecule has 2 rings (SSSR count). The van der Waals surface area contributed by atoms with Crippen LogP contribution in [0.1, 0.15) is 31.4 Å². The normalized spacial score (nSPS) is 11.4. The van der Waals surface area contributed by atoms with E-state index in [1.165, 1.54) is 5.56 Å². The van der Waals surface area contributed by atoms with Crippen LogP contribution in [0.15, 0.2) is 47.6 Å². The quantitative estimate of drug-likeness (QED) is 0.573. The third-order valence-corrected chi connectivity index (χ3v) is 3.91. The number of halogens is 1. The molecule has 122 valence electrons. The highest BCUT2D eigenvalue weighted by Gasteiger charge is 2.09. The van der Waals surface area contributed by atoms with E-state index in [0.29, 0.717) is 5.02 Å². The van der Waals surface area contributed by atoms with Crippen molar-refractivity contribution >= 4 is 28.7 Å². The molecule has 0 spiro atoms. The number of hydrogen-bond acceptors (Lipinski definition) is 3. The summed E-state index contributed by atoms with van der Waals surface area (Å²) in [6.07, 6.45) is 1.03. The number of hydrazone groups is 1. The van der Waals surface area contributed by atoms with Gasteiger partial charge in [-0.1, -0.05) is 36.2 Å². The molecule has 0 unspecified atom stereocenters. The van der Waals surface area contributed by atoms with E-state index < -0.39 is 0 Å². The van der Waals surface area contributed by atoms with Gasteiger partial charge in [0.15, 0.2) is 0 Å². The summed E-state index contributed by atoms with van der Waals surface area (Å²) in [5, 5.41) is 10.8. The molecule has 3 nitrogen and oxygen atoms in total. The Morgan fingerprint density at radius 3 is 2.48 bits per heavy atom. The SMILES string of the molecule is CCCN(/N=C(\C)c1cc(Cl)ccc1NC)c1ccc(C)cc1. The number of aryl methyl sites for hydroxylation is 1. The van der Waals surface area contributed by atoms with Crippen molar-refractivity contribution in [2.45, 2.75) is 27.2 Å². The minimum Gasteiger partial charge on any atom is -0.388 e. The Morgan fingerprint density at radius 1 is 1.17 bits per heavy atom. The largest absolute Gasteiger partial charge is 0.388 e. The van der Waals surface area contributed by atoms with Crippen molar-refractivity contribution < 1.29 is 0 Å². The number of hydrogen-bond donors (Lipinski definition) is 1. The number of nitrogens with zero attached hydrogens (tertiary/aromatic N) is 2. The van der Waals surface area contributed by atoms with Crippen LogP contribution in [0.25, 0.3) is 0 Å². The van der Waals surface area contributed by atoms with Gasteiger partial charge in [-0.25, -0.2) is 0 Å². The molecule has 0 saturated carbocycles. The zero-order valence-electron chi connectivity index (χ0n) is 14.2. The van der Waals surface area contributed by atoms with Crippen LogP contribution in [0.5, 0.6) is 0 Å². The molecule has 0 atom stereocenters. The average molecular weight is 330 g/mol. The van der Waals surface area contributed by atoms with Crippen LogP contribution in [0.2, 0.25) is 5.02 Å². The van der Waals surface area contributed by atoms with Crippen LogP contribution in [0.3, 0.4) is 0 Å². The van der Waals surface area contributed by atoms with Crippen LogP contribution >= 0.6 is 11.6 Å². The molecule has 0 aliphatic carbocycles. The van der Waals surface area contributed by atoms with Gasteiger partial charge in [0, 0.05) is 29.9 Å². The van der Waals surface area contributed by atoms with E-state index in [4.69, 9.17) is 16.7 Å². The van der Waals surface area contributed by atoms with Crippen molar-refractivity contribution in [1.82, 2.24) is 0 Å². The van der Waals surface area contributed by atoms with Gasteiger partial charge in [-0.15, -0.1) is 0 Å². The van der Waals surface area contributed by atoms with E-state index in [1.807, 2.05) is 32.2 Å². The Balaban J connectivity index is 2.38. The highest BCUT2D eigenvalue weighted by Crippen LogP contribution is 2.23. The summed E-state index contributed by atoms with van der Waals surface area (Å²) in [7, 11) is 1.91. The Hall–Kier alpha value is -2.00. The van der Waals surface area contributed by atoms with Crippen molar-refractivity contribution in [3.8, 4) is 0 Å². The van der Waals surface area contributed by atoms with E-state index in [1.54, 1.807) is 0 Å². The summed E-state index contributed by atoms with van der Waals surface area (Å²) in [4.78, 5) is 0. The maximum absolute atomic E-state index is 6.15. The second kappa shape index (κ2) is 8.02. The molecule has 1 N–H and O–H groups in total. The Kier molecular flexibility index (Phi) is 6.05. The van der Waals surface area contributed by atoms with Gasteiger partial charge in [0.1, 0.15) is 0 Å². The maximum Gasteiger partial charge on any atom is 0.0672 e. The number of benzene rings is 2. The number of rotatable bonds is 6. The fourth-order valence-corrected chi connectivity index (χ4v) is 2.61. The number of anilines is 2. The van der Waals surface area contributed by atoms with Crippen LogP contribution in [-0.2, 0) is 0 Å². The highest BCUT2D eigenvalue weighted by molar-refractivity contribution is 6.31. The second-order valence-electron chi connectivity index (χ2n) is 5.58. The highest BCUT2D eigenvalue weighted by atomic mass is 35.5. The summed E-state index contributed by atoms with van der Waals surface area (Å²) < 4.78 is 0. The Labute approximate surface area is 144 Å². The predicted octanol–water partition coefficient (Wildman–Crippen LogP) is 5.33. The lowest BCUT2D eigenvalue weighted by Crippen LogP contribution is -2.19. The molecule has 0 aromatic heterocycles. The van der Waals surface area contributed by atoms with E-state index in [2.05, 4.69) is 48.4 Å². The molecule has 0 saturated heterocycles. The van der Waals surface area contributed by atoms with Crippen molar-refractivity contribution in [2.24, 2.45) is 5.10 Å². The van der Waals surface area contributed by atoms with Gasteiger partial charge in [0.25, 0.3) is 0 Å². The fourth-order valence-electron chi connectivity index (χ4n) is 2.43. The molecule has 0 fully saturated rings. The molecule has 0 bridgehead atoms. The number of nitrogens with one attached hydrogen (secondary N) is 1. The van der Waals surface area contributed by atoms with Gasteiger partial charge >= 0.3 is 0 Å². The summed E-state index contributed by atoms with van der Waals surface area (Å²) in [5.74, 6) is 0. The minimum absolute atomic E-state index is 0.714. The van der Waals surface area contributed by atoms with Crippen molar-refractivity contribution in [3.05, 3.63) is 58.6 Å². The first kappa shape index (κ1) is 17.4. The average Bonchev–Trinajstić information content (AvgIpc) is 2.55. The molecule has 0 amide bonds. The van der Waals surface area contributed by atoms with E-state index in [-0.39, 0.29) is 0 Å². The monoisotopic (exact) mass is 329 g/mol. The molecular weight excluding hydrogens is 306 g/mol. The van der Waals surface area contributed by atoms with Gasteiger partial charge in [0.2, 0.25) is 0 Å². The van der Waals surface area contributed by atoms with Gasteiger partial charge in [0.05, 0.1) is 11.4 Å². The zero-order chi connectivity index (χ0) is 16.8. The van der Waals surface area contributed by atoms with E-state index >= 15 is 0 Å². The van der Waals surface area contributed by atoms with Gasteiger partial charge < -0.3 is 5.32 Å². The van der Waals surface area contributed by atoms with Crippen LogP contribution in [-0.4, -0.2) is 19.3 Å². The summed E-state index contributed by atoms with van der Waals surface area (Å²) in [6, 6.07) is 14.3. The topological polar surface area (TPSA) is 27.6 Å². The van der Waals surface area contributed by atoms with E-state index in [0.717, 1.165) is 35.6 Å². The van der Waals surface area contributed by atoms with Crippen LogP contribution in [0, 0.1) is 6.92 Å². The standard InChI is InChI=1S/C19H24ClN3/c1-5-12-23(17-9-6-14(2)7-10-17)22-15(3)18-13-16(20)8-11-19(18)21-4/h6-11,13,21H,5,12H2,1-4H3/b22-15+. The van der Waals surface area contributed by atoms with Gasteiger partial charge in [-0.2, -0.15) is 5.10 Å². The lowest BCUT2D eigenvalue weighted by Gasteiger charge is -2.20. The van der Waals surface area contributed by atoms with Gasteiger partial charge in [-0.05, 0) is 50.6 Å². The first-order valence-electron chi connectivity index (χ1n) is 7.92. The molecule has 0 aliphatic rings. The molecule has 2 aromatic carbocycles. The first-order valence-corrected chi connectivity index (χ1v) is 8.30. The lowest BCUT2D eigenvalue weighted by molar-refractivity contribution is 0.806. The summed E-state index contributed by atoms with van der Waals surface area (Å²) in [5.41, 5.74) is 5.33. The third kappa shape index (κ3) is 4.49. The first-order chi connectivity index (χ1) is 11.0.